The number of carbonyl (C=O) groups excluding carboxylic acids is 2. The van der Waals surface area contributed by atoms with Gasteiger partial charge in [-0.1, -0.05) is 21.3 Å². The van der Waals surface area contributed by atoms with Crippen LogP contribution in [0, 0.1) is 5.92 Å². The van der Waals surface area contributed by atoms with Crippen LogP contribution >= 0.6 is 0 Å². The van der Waals surface area contributed by atoms with Gasteiger partial charge in [0.1, 0.15) is 0 Å². The molecule has 0 bridgehead atoms. The van der Waals surface area contributed by atoms with Crippen molar-refractivity contribution in [2.45, 2.75) is 32.9 Å². The Bertz CT molecular complexity index is 860. The lowest BCUT2D eigenvalue weighted by Crippen LogP contribution is -2.53. The van der Waals surface area contributed by atoms with Crippen LogP contribution in [0.15, 0.2) is 24.3 Å². The number of nitrogens with two attached hydrogens (primary N) is 1. The highest BCUT2D eigenvalue weighted by molar-refractivity contribution is 5.81. The molecule has 138 valence electrons. The molecule has 0 atom stereocenters. The summed E-state index contributed by atoms with van der Waals surface area (Å²) >= 11 is 0. The molecule has 0 saturated carbocycles. The number of piperidine rings is 1. The van der Waals surface area contributed by atoms with Gasteiger partial charge < -0.3 is 20.8 Å². The van der Waals surface area contributed by atoms with Crippen LogP contribution in [-0.2, 0) is 22.7 Å². The summed E-state index contributed by atoms with van der Waals surface area (Å²) in [6, 6.07) is 6.90. The van der Waals surface area contributed by atoms with E-state index in [-0.39, 0.29) is 36.2 Å². The van der Waals surface area contributed by atoms with Gasteiger partial charge in [0, 0.05) is 25.1 Å². The summed E-state index contributed by atoms with van der Waals surface area (Å²) in [5, 5.41) is 21.5. The van der Waals surface area contributed by atoms with Gasteiger partial charge >= 0.3 is 11.9 Å². The van der Waals surface area contributed by atoms with E-state index in [0.717, 1.165) is 0 Å². The molecule has 1 aliphatic rings. The van der Waals surface area contributed by atoms with E-state index in [2.05, 4.69) is 0 Å². The van der Waals surface area contributed by atoms with Gasteiger partial charge in [0.25, 0.3) is 5.91 Å². The molecule has 4 N–H and O–H groups in total. The molecule has 2 amide bonds. The number of nitrogens with zero attached hydrogens (tertiary/aromatic N) is 3. The first kappa shape index (κ1) is 17.9. The Labute approximate surface area is 151 Å². The number of para-hydroxylation sites is 1. The Hall–Kier alpha value is -2.90. The van der Waals surface area contributed by atoms with Crippen molar-refractivity contribution in [3.63, 3.8) is 0 Å². The van der Waals surface area contributed by atoms with Crippen LogP contribution in [0.4, 0.5) is 0 Å². The third kappa shape index (κ3) is 3.14. The van der Waals surface area contributed by atoms with Crippen molar-refractivity contribution < 1.29 is 28.9 Å². The third-order valence-corrected chi connectivity index (χ3v) is 5.03. The van der Waals surface area contributed by atoms with Crippen molar-refractivity contribution in [2.75, 3.05) is 13.1 Å². The minimum absolute atomic E-state index is 0.0356. The van der Waals surface area contributed by atoms with Gasteiger partial charge in [-0.05, 0) is 25.8 Å². The van der Waals surface area contributed by atoms with Gasteiger partial charge in [0.05, 0.1) is 0 Å². The number of primary amides is 1. The standard InChI is InChI=1S/C18H22N4O4/c1-2-21-17(25)13-5-3-4-6-14(13)22(18(21)26)11-15(23)20-9-7-12(8-10-20)16(19)24/h3-6,12H,2,7-11H2,1H3,(H2,19,24)/p+2. The van der Waals surface area contributed by atoms with E-state index in [0.29, 0.717) is 43.4 Å². The number of hydrogen-bond acceptors (Lipinski definition) is 4. The van der Waals surface area contributed by atoms with E-state index < -0.39 is 0 Å². The topological polar surface area (TPSA) is 112 Å². The average Bonchev–Trinajstić information content (AvgIpc) is 2.65. The summed E-state index contributed by atoms with van der Waals surface area (Å²) in [6.07, 6.45) is 1.12. The van der Waals surface area contributed by atoms with Gasteiger partial charge in [-0.3, -0.25) is 9.59 Å². The molecule has 8 nitrogen and oxygen atoms in total. The number of fused-ring (bicyclic) bond motifs is 1. The molecule has 26 heavy (non-hydrogen) atoms. The zero-order valence-electron chi connectivity index (χ0n) is 14.8. The number of amides is 2. The van der Waals surface area contributed by atoms with Crippen LogP contribution in [0.1, 0.15) is 19.8 Å². The normalized spacial score (nSPS) is 15.3. The molecule has 1 aliphatic heterocycles. The molecule has 2 aromatic rings. The van der Waals surface area contributed by atoms with Crippen LogP contribution in [0.2, 0.25) is 0 Å². The van der Waals surface area contributed by atoms with Crippen LogP contribution in [0.3, 0.4) is 0 Å². The predicted molar refractivity (Wildman–Crippen MR) is 91.8 cm³/mol. The monoisotopic (exact) mass is 360 g/mol. The Balaban J connectivity index is 1.89. The molecule has 1 saturated heterocycles. The van der Waals surface area contributed by atoms with Crippen LogP contribution in [0.25, 0.3) is 10.9 Å². The van der Waals surface area contributed by atoms with Crippen molar-refractivity contribution in [3.05, 3.63) is 24.3 Å². The number of aromatic nitrogens is 2. The number of aromatic hydroxyl groups is 2. The van der Waals surface area contributed by atoms with E-state index in [1.165, 1.54) is 9.13 Å². The Morgan fingerprint density at radius 2 is 1.85 bits per heavy atom. The zero-order valence-corrected chi connectivity index (χ0v) is 14.8. The van der Waals surface area contributed by atoms with Crippen LogP contribution in [0.5, 0.6) is 11.9 Å². The van der Waals surface area contributed by atoms with Crippen molar-refractivity contribution in [2.24, 2.45) is 11.7 Å². The average molecular weight is 360 g/mol. The van der Waals surface area contributed by atoms with Gasteiger partial charge in [-0.15, -0.1) is 0 Å². The van der Waals surface area contributed by atoms with E-state index in [9.17, 15) is 19.8 Å². The second-order valence-corrected chi connectivity index (χ2v) is 6.53. The number of rotatable bonds is 4. The predicted octanol–water partition coefficient (Wildman–Crippen LogP) is -0.430. The zero-order chi connectivity index (χ0) is 18.8. The smallest absolute Gasteiger partial charge is 0.459 e. The number of likely N-dealkylation sites (tertiary alicyclic amines) is 1. The maximum atomic E-state index is 12.7. The van der Waals surface area contributed by atoms with Crippen LogP contribution in [-0.4, -0.2) is 40.0 Å². The van der Waals surface area contributed by atoms with Crippen molar-refractivity contribution >= 4 is 22.7 Å². The van der Waals surface area contributed by atoms with Gasteiger partial charge in [-0.25, -0.2) is 0 Å². The summed E-state index contributed by atoms with van der Waals surface area (Å²) in [5.74, 6) is -0.687. The maximum absolute atomic E-state index is 12.7. The van der Waals surface area contributed by atoms with E-state index in [1.807, 2.05) is 0 Å². The molecule has 0 unspecified atom stereocenters. The highest BCUT2D eigenvalue weighted by atomic mass is 16.3. The molecule has 0 spiro atoms. The Morgan fingerprint density at radius 1 is 1.19 bits per heavy atom. The fourth-order valence-electron chi connectivity index (χ4n) is 3.49. The first-order chi connectivity index (χ1) is 12.4. The lowest BCUT2D eigenvalue weighted by molar-refractivity contribution is -0.815. The third-order valence-electron chi connectivity index (χ3n) is 5.03. The molecule has 3 rings (SSSR count). The summed E-state index contributed by atoms with van der Waals surface area (Å²) in [7, 11) is 0. The maximum Gasteiger partial charge on any atom is 0.632 e. The minimum Gasteiger partial charge on any atom is -0.459 e. The SMILES string of the molecule is CC[n+]1c(O)c2ccccc2[n+](CC(=O)N2CCC(C(N)=O)CC2)c1O. The van der Waals surface area contributed by atoms with Gasteiger partial charge in [-0.2, -0.15) is 0 Å². The fraction of sp³-hybridized carbons (Fsp3) is 0.444. The summed E-state index contributed by atoms with van der Waals surface area (Å²) in [4.78, 5) is 25.7. The Kier molecular flexibility index (Phi) is 4.92. The lowest BCUT2D eigenvalue weighted by atomic mass is 9.96. The fourth-order valence-corrected chi connectivity index (χ4v) is 3.49. The molecule has 1 aromatic carbocycles. The number of hydrogen-bond donors (Lipinski definition) is 3. The molecular weight excluding hydrogens is 336 g/mol. The van der Waals surface area contributed by atoms with Gasteiger partial charge in [0.15, 0.2) is 11.9 Å². The molecule has 0 radical (unpaired) electrons. The number of carbonyl (C=O) groups is 2. The van der Waals surface area contributed by atoms with E-state index in [4.69, 9.17) is 5.73 Å². The minimum atomic E-state index is -0.322. The Morgan fingerprint density at radius 3 is 2.46 bits per heavy atom. The highest BCUT2D eigenvalue weighted by Gasteiger charge is 2.35. The summed E-state index contributed by atoms with van der Waals surface area (Å²) in [6.45, 7) is 3.05. The van der Waals surface area contributed by atoms with Crippen molar-refractivity contribution in [1.29, 1.82) is 0 Å². The second-order valence-electron chi connectivity index (χ2n) is 6.53. The molecule has 8 heteroatoms. The van der Waals surface area contributed by atoms with E-state index in [1.54, 1.807) is 36.1 Å². The molecule has 1 fully saturated rings. The van der Waals surface area contributed by atoms with Gasteiger partial charge in [0.2, 0.25) is 18.0 Å². The van der Waals surface area contributed by atoms with Crippen LogP contribution < -0.4 is 14.9 Å². The quantitative estimate of drug-likeness (QED) is 0.642. The van der Waals surface area contributed by atoms with E-state index >= 15 is 0 Å². The first-order valence-electron chi connectivity index (χ1n) is 8.77. The largest absolute Gasteiger partial charge is 0.632 e. The molecule has 0 aliphatic carbocycles. The molecule has 2 heterocycles. The summed E-state index contributed by atoms with van der Waals surface area (Å²) in [5.41, 5.74) is 5.91. The highest BCUT2D eigenvalue weighted by Crippen LogP contribution is 2.21. The van der Waals surface area contributed by atoms with Crippen molar-refractivity contribution in [3.8, 4) is 11.9 Å². The molecule has 1 aromatic heterocycles. The lowest BCUT2D eigenvalue weighted by Gasteiger charge is -2.29. The summed E-state index contributed by atoms with van der Waals surface area (Å²) < 4.78 is 2.86. The van der Waals surface area contributed by atoms with Crippen molar-refractivity contribution in [1.82, 2.24) is 4.90 Å². The number of benzene rings is 1. The first-order valence-corrected chi connectivity index (χ1v) is 8.77. The second kappa shape index (κ2) is 7.15. The molecular formula is C18H24N4O4+2.